The minimum absolute atomic E-state index is 0.0704. The van der Waals surface area contributed by atoms with Gasteiger partial charge < -0.3 is 27.3 Å². The minimum atomic E-state index is -0.697. The Morgan fingerprint density at radius 1 is 1.06 bits per heavy atom. The van der Waals surface area contributed by atoms with Gasteiger partial charge in [-0.25, -0.2) is 9.97 Å². The Balaban J connectivity index is 1.64. The third-order valence-corrected chi connectivity index (χ3v) is 5.34. The van der Waals surface area contributed by atoms with E-state index in [0.29, 0.717) is 13.0 Å². The molecule has 0 radical (unpaired) electrons. The van der Waals surface area contributed by atoms with Gasteiger partial charge in [0.05, 0.1) is 7.11 Å². The summed E-state index contributed by atoms with van der Waals surface area (Å²) in [4.78, 5) is 31.0. The Labute approximate surface area is 203 Å². The molecule has 9 N–H and O–H groups in total. The fourth-order valence-electron chi connectivity index (χ4n) is 3.16. The summed E-state index contributed by atoms with van der Waals surface area (Å²) in [6, 6.07) is 7.78. The second kappa shape index (κ2) is 13.3. The van der Waals surface area contributed by atoms with Crippen molar-refractivity contribution in [2.24, 2.45) is 5.73 Å². The number of ether oxygens (including phenoxy) is 1. The van der Waals surface area contributed by atoms with Crippen molar-refractivity contribution in [3.05, 3.63) is 46.2 Å². The topological polar surface area (TPSA) is 195 Å². The molecule has 34 heavy (non-hydrogen) atoms. The molecule has 1 atom stereocenters. The molecule has 0 fully saturated rings. The molecule has 11 nitrogen and oxygen atoms in total. The lowest BCUT2D eigenvalue weighted by atomic mass is 10.0. The predicted molar refractivity (Wildman–Crippen MR) is 131 cm³/mol. The fraction of sp³-hybridized carbons (Fsp3) is 0.409. The first-order chi connectivity index (χ1) is 16.2. The van der Waals surface area contributed by atoms with E-state index >= 15 is 0 Å². The second-order valence-electron chi connectivity index (χ2n) is 7.68. The molecular weight excluding hydrogens is 460 g/mol. The smallest absolute Gasteiger partial charge is 0.322 e. The number of guanidine groups is 1. The zero-order valence-corrected chi connectivity index (χ0v) is 19.8. The van der Waals surface area contributed by atoms with E-state index in [1.54, 1.807) is 0 Å². The molecule has 0 bridgehead atoms. The van der Waals surface area contributed by atoms with Crippen molar-refractivity contribution >= 4 is 41.1 Å². The van der Waals surface area contributed by atoms with E-state index in [-0.39, 0.29) is 34.4 Å². The van der Waals surface area contributed by atoms with Gasteiger partial charge in [0.1, 0.15) is 6.04 Å². The molecule has 1 heterocycles. The molecule has 1 unspecified atom stereocenters. The molecule has 1 aromatic carbocycles. The number of aryl methyl sites for hydroxylation is 2. The molecule has 184 valence electrons. The van der Waals surface area contributed by atoms with Crippen molar-refractivity contribution in [2.75, 3.05) is 25.1 Å². The number of amides is 1. The highest BCUT2D eigenvalue weighted by molar-refractivity contribution is 6.31. The third-order valence-electron chi connectivity index (χ3n) is 5.06. The first kappa shape index (κ1) is 26.8. The van der Waals surface area contributed by atoms with E-state index in [0.717, 1.165) is 32.1 Å². The van der Waals surface area contributed by atoms with Gasteiger partial charge in [0.25, 0.3) is 5.91 Å². The number of anilines is 2. The van der Waals surface area contributed by atoms with Gasteiger partial charge in [-0.05, 0) is 49.7 Å². The molecule has 12 heteroatoms. The summed E-state index contributed by atoms with van der Waals surface area (Å²) in [7, 11) is 1.34. The van der Waals surface area contributed by atoms with Gasteiger partial charge >= 0.3 is 5.97 Å². The number of nitrogens with zero attached hydrogens (tertiary/aromatic N) is 2. The van der Waals surface area contributed by atoms with E-state index in [9.17, 15) is 9.59 Å². The Kier molecular flexibility index (Phi) is 10.5. The first-order valence-corrected chi connectivity index (χ1v) is 11.2. The van der Waals surface area contributed by atoms with Crippen LogP contribution in [0.1, 0.15) is 47.3 Å². The Bertz CT molecular complexity index is 1000. The van der Waals surface area contributed by atoms with Crippen LogP contribution >= 0.6 is 11.6 Å². The lowest BCUT2D eigenvalue weighted by Gasteiger charge is -2.11. The quantitative estimate of drug-likeness (QED) is 0.117. The van der Waals surface area contributed by atoms with Crippen LogP contribution in [0.2, 0.25) is 5.15 Å². The van der Waals surface area contributed by atoms with Crippen LogP contribution in [0.15, 0.2) is 24.3 Å². The SMILES string of the molecule is COC(=O)C(N)CCCc1ccc(CCCCNC(=N)NC(=O)c2nc(Cl)c(N)nc2N)cc1. The zero-order chi connectivity index (χ0) is 25.1. The van der Waals surface area contributed by atoms with E-state index in [1.807, 2.05) is 0 Å². The molecular formula is C22H31ClN8O3. The van der Waals surface area contributed by atoms with Gasteiger partial charge in [-0.15, -0.1) is 0 Å². The largest absolute Gasteiger partial charge is 0.468 e. The van der Waals surface area contributed by atoms with Crippen LogP contribution in [0.3, 0.4) is 0 Å². The van der Waals surface area contributed by atoms with Gasteiger partial charge in [0, 0.05) is 6.54 Å². The molecule has 0 saturated heterocycles. The van der Waals surface area contributed by atoms with E-state index in [4.69, 9.17) is 34.2 Å². The molecule has 0 saturated carbocycles. The number of benzene rings is 1. The third kappa shape index (κ3) is 8.49. The van der Waals surface area contributed by atoms with E-state index in [1.165, 1.54) is 18.2 Å². The number of hydrogen-bond acceptors (Lipinski definition) is 9. The normalized spacial score (nSPS) is 11.5. The van der Waals surface area contributed by atoms with Gasteiger partial charge in [0.2, 0.25) is 0 Å². The standard InChI is InChI=1S/C22H31ClN8O3/c1-34-21(33)15(24)7-4-6-14-10-8-13(9-11-14)5-2-3-12-28-22(27)31-20(32)16-18(25)30-19(26)17(23)29-16/h8-11,15H,2-7,12,24H2,1H3,(H4,25,26,30)(H3,27,28,31,32). The number of unbranched alkanes of at least 4 members (excludes halogenated alkanes) is 1. The lowest BCUT2D eigenvalue weighted by molar-refractivity contribution is -0.142. The average molecular weight is 491 g/mol. The highest BCUT2D eigenvalue weighted by Crippen LogP contribution is 2.17. The summed E-state index contributed by atoms with van der Waals surface area (Å²) in [5.74, 6) is -1.48. The van der Waals surface area contributed by atoms with E-state index in [2.05, 4.69) is 49.6 Å². The highest BCUT2D eigenvalue weighted by Gasteiger charge is 2.17. The number of carbonyl (C=O) groups is 2. The van der Waals surface area contributed by atoms with Crippen molar-refractivity contribution in [3.63, 3.8) is 0 Å². The van der Waals surface area contributed by atoms with Gasteiger partial charge in [-0.2, -0.15) is 0 Å². The summed E-state index contributed by atoms with van der Waals surface area (Å²) >= 11 is 5.77. The summed E-state index contributed by atoms with van der Waals surface area (Å²) in [5, 5.41) is 12.9. The van der Waals surface area contributed by atoms with Gasteiger partial charge in [0.15, 0.2) is 28.4 Å². The van der Waals surface area contributed by atoms with Crippen molar-refractivity contribution < 1.29 is 14.3 Å². The average Bonchev–Trinajstić information content (AvgIpc) is 2.81. The van der Waals surface area contributed by atoms with Crippen LogP contribution in [0, 0.1) is 5.41 Å². The van der Waals surface area contributed by atoms with Crippen molar-refractivity contribution in [2.45, 2.75) is 44.6 Å². The van der Waals surface area contributed by atoms with Crippen LogP contribution in [0.25, 0.3) is 0 Å². The molecule has 1 amide bonds. The Morgan fingerprint density at radius 2 is 1.68 bits per heavy atom. The lowest BCUT2D eigenvalue weighted by Crippen LogP contribution is -2.41. The predicted octanol–water partition coefficient (Wildman–Crippen LogP) is 1.39. The Hall–Kier alpha value is -3.44. The number of nitrogen functional groups attached to an aromatic ring is 2. The van der Waals surface area contributed by atoms with Crippen LogP contribution in [0.5, 0.6) is 0 Å². The number of aromatic nitrogens is 2. The maximum atomic E-state index is 12.2. The van der Waals surface area contributed by atoms with Crippen LogP contribution < -0.4 is 27.8 Å². The Morgan fingerprint density at radius 3 is 2.29 bits per heavy atom. The van der Waals surface area contributed by atoms with Crippen molar-refractivity contribution in [1.82, 2.24) is 20.6 Å². The maximum absolute atomic E-state index is 12.2. The molecule has 1 aromatic heterocycles. The number of carbonyl (C=O) groups excluding carboxylic acids is 2. The van der Waals surface area contributed by atoms with Crippen LogP contribution in [0.4, 0.5) is 11.6 Å². The zero-order valence-electron chi connectivity index (χ0n) is 19.1. The number of nitrogens with two attached hydrogens (primary N) is 3. The number of esters is 1. The number of methoxy groups -OCH3 is 1. The van der Waals surface area contributed by atoms with Crippen LogP contribution in [-0.2, 0) is 22.4 Å². The molecule has 2 rings (SSSR count). The molecule has 0 aliphatic carbocycles. The number of hydrogen-bond donors (Lipinski definition) is 6. The minimum Gasteiger partial charge on any atom is -0.468 e. The molecule has 0 aliphatic heterocycles. The van der Waals surface area contributed by atoms with Crippen LogP contribution in [-0.4, -0.2) is 47.5 Å². The highest BCUT2D eigenvalue weighted by atomic mass is 35.5. The van der Waals surface area contributed by atoms with E-state index < -0.39 is 11.9 Å². The summed E-state index contributed by atoms with van der Waals surface area (Å²) < 4.78 is 4.63. The fourth-order valence-corrected chi connectivity index (χ4v) is 3.29. The number of rotatable bonds is 11. The number of halogens is 1. The summed E-state index contributed by atoms with van der Waals surface area (Å²) in [5.41, 5.74) is 19.1. The monoisotopic (exact) mass is 490 g/mol. The van der Waals surface area contributed by atoms with Crippen molar-refractivity contribution in [1.29, 1.82) is 5.41 Å². The second-order valence-corrected chi connectivity index (χ2v) is 8.04. The van der Waals surface area contributed by atoms with Crippen molar-refractivity contribution in [3.8, 4) is 0 Å². The maximum Gasteiger partial charge on any atom is 0.322 e. The molecule has 0 aliphatic rings. The number of nitrogens with one attached hydrogen (secondary N) is 3. The molecule has 2 aromatic rings. The van der Waals surface area contributed by atoms with Gasteiger partial charge in [-0.1, -0.05) is 35.9 Å². The summed E-state index contributed by atoms with van der Waals surface area (Å²) in [6.45, 7) is 0.515. The first-order valence-electron chi connectivity index (χ1n) is 10.8. The van der Waals surface area contributed by atoms with Gasteiger partial charge in [-0.3, -0.25) is 20.3 Å². The molecule has 0 spiro atoms. The summed E-state index contributed by atoms with van der Waals surface area (Å²) in [6.07, 6.45) is 4.86.